The summed E-state index contributed by atoms with van der Waals surface area (Å²) in [6.07, 6.45) is 1.58. The average molecular weight is 284 g/mol. The fraction of sp³-hybridized carbons (Fsp3) is 0.615. The molecule has 0 aliphatic heterocycles. The number of nitrogens with zero attached hydrogens (tertiary/aromatic N) is 1. The summed E-state index contributed by atoms with van der Waals surface area (Å²) in [4.78, 5) is 26.5. The number of hydrogen-bond acceptors (Lipinski definition) is 4. The number of carboxylic acid groups (broad SMARTS) is 1. The van der Waals surface area contributed by atoms with Gasteiger partial charge in [-0.15, -0.1) is 11.3 Å². The molecule has 6 heteroatoms. The third-order valence-electron chi connectivity index (χ3n) is 2.65. The van der Waals surface area contributed by atoms with Gasteiger partial charge in [-0.05, 0) is 33.6 Å². The van der Waals surface area contributed by atoms with E-state index < -0.39 is 11.5 Å². The van der Waals surface area contributed by atoms with Crippen LogP contribution in [0.25, 0.3) is 0 Å². The molecule has 0 fully saturated rings. The first-order valence-corrected chi connectivity index (χ1v) is 7.14. The molecule has 0 aliphatic rings. The lowest BCUT2D eigenvalue weighted by Gasteiger charge is -2.23. The molecule has 0 aromatic carbocycles. The van der Waals surface area contributed by atoms with Gasteiger partial charge in [0.05, 0.1) is 5.54 Å². The number of carbonyl (C=O) groups excluding carboxylic acids is 1. The predicted octanol–water partition coefficient (Wildman–Crippen LogP) is 2.45. The summed E-state index contributed by atoms with van der Waals surface area (Å²) in [5.74, 6) is -0.887. The van der Waals surface area contributed by atoms with Gasteiger partial charge in [-0.25, -0.2) is 4.98 Å². The minimum absolute atomic E-state index is 0.0664. The van der Waals surface area contributed by atoms with Crippen LogP contribution in [0.15, 0.2) is 5.38 Å². The summed E-state index contributed by atoms with van der Waals surface area (Å²) in [6, 6.07) is 0. The van der Waals surface area contributed by atoms with Crippen molar-refractivity contribution in [2.75, 3.05) is 0 Å². The molecule has 0 spiro atoms. The number of carbonyl (C=O) groups is 2. The van der Waals surface area contributed by atoms with Crippen molar-refractivity contribution in [1.29, 1.82) is 0 Å². The van der Waals surface area contributed by atoms with Crippen LogP contribution in [-0.4, -0.2) is 22.0 Å². The van der Waals surface area contributed by atoms with Crippen molar-refractivity contribution < 1.29 is 14.7 Å². The summed E-state index contributed by atoms with van der Waals surface area (Å²) in [5.41, 5.74) is 0.465. The molecular formula is C13H20N2O3S. The first kappa shape index (κ1) is 15.6. The largest absolute Gasteiger partial charge is 0.481 e. The highest BCUT2D eigenvalue weighted by Crippen LogP contribution is 2.23. The van der Waals surface area contributed by atoms with E-state index in [1.807, 2.05) is 26.2 Å². The van der Waals surface area contributed by atoms with Crippen LogP contribution < -0.4 is 5.32 Å². The van der Waals surface area contributed by atoms with E-state index in [0.29, 0.717) is 19.3 Å². The van der Waals surface area contributed by atoms with Gasteiger partial charge in [0.2, 0.25) is 5.91 Å². The molecule has 1 amide bonds. The van der Waals surface area contributed by atoms with Gasteiger partial charge in [0.1, 0.15) is 5.01 Å². The van der Waals surface area contributed by atoms with Gasteiger partial charge in [-0.2, -0.15) is 0 Å². The van der Waals surface area contributed by atoms with Crippen LogP contribution in [0.3, 0.4) is 0 Å². The summed E-state index contributed by atoms with van der Waals surface area (Å²) < 4.78 is 0. The van der Waals surface area contributed by atoms with Crippen molar-refractivity contribution >= 4 is 23.2 Å². The number of thiazole rings is 1. The Morgan fingerprint density at radius 2 is 2.00 bits per heavy atom. The lowest BCUT2D eigenvalue weighted by atomic mass is 10.1. The maximum Gasteiger partial charge on any atom is 0.303 e. The molecule has 1 rings (SSSR count). The zero-order chi connectivity index (χ0) is 14.5. The molecule has 0 unspecified atom stereocenters. The number of aromatic nitrogens is 1. The molecule has 1 aromatic rings. The summed E-state index contributed by atoms with van der Waals surface area (Å²) >= 11 is 1.53. The highest BCUT2D eigenvalue weighted by Gasteiger charge is 2.25. The quantitative estimate of drug-likeness (QED) is 0.754. The Bertz CT molecular complexity index is 454. The average Bonchev–Trinajstić information content (AvgIpc) is 2.71. The van der Waals surface area contributed by atoms with Crippen molar-refractivity contribution in [3.05, 3.63) is 16.1 Å². The van der Waals surface area contributed by atoms with E-state index >= 15 is 0 Å². The number of nitrogens with one attached hydrogen (secondary N) is 1. The number of rotatable bonds is 7. The molecule has 0 saturated heterocycles. The fourth-order valence-electron chi connectivity index (χ4n) is 1.67. The maximum atomic E-state index is 11.8. The van der Waals surface area contributed by atoms with Gasteiger partial charge in [-0.3, -0.25) is 9.59 Å². The van der Waals surface area contributed by atoms with Gasteiger partial charge in [0.25, 0.3) is 0 Å². The molecule has 0 atom stereocenters. The van der Waals surface area contributed by atoms with E-state index in [2.05, 4.69) is 10.3 Å². The second-order valence-electron chi connectivity index (χ2n) is 5.07. The molecule has 0 bridgehead atoms. The predicted molar refractivity (Wildman–Crippen MR) is 74.1 cm³/mol. The Labute approximate surface area is 117 Å². The number of amides is 1. The fourth-order valence-corrected chi connectivity index (χ4v) is 2.54. The topological polar surface area (TPSA) is 79.3 Å². The van der Waals surface area contributed by atoms with Gasteiger partial charge >= 0.3 is 5.97 Å². The van der Waals surface area contributed by atoms with E-state index in [1.54, 1.807) is 0 Å². The molecule has 0 aliphatic carbocycles. The van der Waals surface area contributed by atoms with Crippen LogP contribution in [-0.2, 0) is 15.1 Å². The van der Waals surface area contributed by atoms with Gasteiger partial charge in [0, 0.05) is 23.9 Å². The van der Waals surface area contributed by atoms with Crippen LogP contribution in [0.5, 0.6) is 0 Å². The second-order valence-corrected chi connectivity index (χ2v) is 5.93. The molecular weight excluding hydrogens is 264 g/mol. The van der Waals surface area contributed by atoms with Crippen LogP contribution in [0.1, 0.15) is 50.2 Å². The smallest absolute Gasteiger partial charge is 0.303 e. The number of unbranched alkanes of at least 4 members (excludes halogenated alkanes) is 1. The first-order chi connectivity index (χ1) is 8.81. The summed E-state index contributed by atoms with van der Waals surface area (Å²) in [6.45, 7) is 5.75. The SMILES string of the molecule is Cc1csc(C(C)(C)NC(=O)CCCCC(=O)O)n1. The Morgan fingerprint density at radius 1 is 1.37 bits per heavy atom. The zero-order valence-electron chi connectivity index (χ0n) is 11.5. The lowest BCUT2D eigenvalue weighted by Crippen LogP contribution is -2.40. The Kier molecular flexibility index (Phi) is 5.47. The molecule has 19 heavy (non-hydrogen) atoms. The summed E-state index contributed by atoms with van der Waals surface area (Å²) in [5, 5.41) is 14.3. The number of hydrogen-bond donors (Lipinski definition) is 2. The molecule has 106 valence electrons. The molecule has 1 heterocycles. The first-order valence-electron chi connectivity index (χ1n) is 6.26. The Hall–Kier alpha value is -1.43. The molecule has 2 N–H and O–H groups in total. The number of carboxylic acids is 1. The van der Waals surface area contributed by atoms with Crippen molar-refractivity contribution in [2.45, 2.75) is 52.0 Å². The van der Waals surface area contributed by atoms with E-state index in [-0.39, 0.29) is 12.3 Å². The molecule has 0 radical (unpaired) electrons. The second kappa shape index (κ2) is 6.65. The number of aliphatic carboxylic acids is 1. The van der Waals surface area contributed by atoms with Crippen LogP contribution >= 0.6 is 11.3 Å². The van der Waals surface area contributed by atoms with Gasteiger partial charge < -0.3 is 10.4 Å². The Morgan fingerprint density at radius 3 is 2.53 bits per heavy atom. The molecule has 0 saturated carbocycles. The zero-order valence-corrected chi connectivity index (χ0v) is 12.3. The highest BCUT2D eigenvalue weighted by molar-refractivity contribution is 7.09. The third-order valence-corrected chi connectivity index (χ3v) is 3.93. The van der Waals surface area contributed by atoms with E-state index in [0.717, 1.165) is 10.7 Å². The van der Waals surface area contributed by atoms with Crippen molar-refractivity contribution in [1.82, 2.24) is 10.3 Å². The normalized spacial score (nSPS) is 11.3. The van der Waals surface area contributed by atoms with Crippen molar-refractivity contribution in [3.63, 3.8) is 0 Å². The maximum absolute atomic E-state index is 11.8. The van der Waals surface area contributed by atoms with E-state index in [1.165, 1.54) is 11.3 Å². The molecule has 5 nitrogen and oxygen atoms in total. The molecule has 1 aromatic heterocycles. The Balaban J connectivity index is 2.40. The standard InChI is InChI=1S/C13H20N2O3S/c1-9-8-19-12(14-9)13(2,3)15-10(16)6-4-5-7-11(17)18/h8H,4-7H2,1-3H3,(H,15,16)(H,17,18). The van der Waals surface area contributed by atoms with E-state index in [4.69, 9.17) is 5.11 Å². The van der Waals surface area contributed by atoms with Gasteiger partial charge in [0.15, 0.2) is 0 Å². The van der Waals surface area contributed by atoms with Crippen LogP contribution in [0, 0.1) is 6.92 Å². The highest BCUT2D eigenvalue weighted by atomic mass is 32.1. The minimum atomic E-state index is -0.820. The van der Waals surface area contributed by atoms with E-state index in [9.17, 15) is 9.59 Å². The number of aryl methyl sites for hydroxylation is 1. The van der Waals surface area contributed by atoms with Crippen LogP contribution in [0.2, 0.25) is 0 Å². The van der Waals surface area contributed by atoms with Crippen LogP contribution in [0.4, 0.5) is 0 Å². The summed E-state index contributed by atoms with van der Waals surface area (Å²) in [7, 11) is 0. The third kappa shape index (κ3) is 5.38. The monoisotopic (exact) mass is 284 g/mol. The van der Waals surface area contributed by atoms with Gasteiger partial charge in [-0.1, -0.05) is 0 Å². The van der Waals surface area contributed by atoms with Crippen molar-refractivity contribution in [2.24, 2.45) is 0 Å². The minimum Gasteiger partial charge on any atom is -0.481 e. The lowest BCUT2D eigenvalue weighted by molar-refractivity contribution is -0.137. The van der Waals surface area contributed by atoms with Crippen molar-refractivity contribution in [3.8, 4) is 0 Å².